The number of fused-ring (bicyclic) bond motifs is 4. The van der Waals surface area contributed by atoms with Crippen molar-refractivity contribution in [3.05, 3.63) is 42.5 Å². The number of anilines is 1. The maximum absolute atomic E-state index is 14.2. The molecule has 1 N–H and O–H groups in total. The predicted molar refractivity (Wildman–Crippen MR) is 104 cm³/mol. The quantitative estimate of drug-likeness (QED) is 0.766. The number of nitrogens with one attached hydrogen (secondary N) is 1. The van der Waals surface area contributed by atoms with Gasteiger partial charge in [0.1, 0.15) is 24.0 Å². The van der Waals surface area contributed by atoms with Crippen LogP contribution in [0.15, 0.2) is 36.7 Å². The lowest BCUT2D eigenvalue weighted by atomic mass is 10.1. The molecule has 0 aliphatic carbocycles. The molecule has 0 saturated carbocycles. The molecule has 1 aromatic carbocycles. The van der Waals surface area contributed by atoms with Gasteiger partial charge in [-0.3, -0.25) is 4.90 Å². The fraction of sp³-hybridized carbons (Fsp3) is 0.400. The highest BCUT2D eigenvalue weighted by Crippen LogP contribution is 2.29. The summed E-state index contributed by atoms with van der Waals surface area (Å²) in [5, 5.41) is 7.72. The smallest absolute Gasteiger partial charge is 0.165 e. The zero-order valence-electron chi connectivity index (χ0n) is 15.5. The summed E-state index contributed by atoms with van der Waals surface area (Å²) < 4.78 is 21.7. The maximum atomic E-state index is 14.2. The van der Waals surface area contributed by atoms with Crippen molar-refractivity contribution in [2.45, 2.75) is 19.8 Å². The molecule has 2 aromatic heterocycles. The van der Waals surface area contributed by atoms with Crippen LogP contribution in [0.1, 0.15) is 19.8 Å². The van der Waals surface area contributed by atoms with Crippen LogP contribution in [0.3, 0.4) is 0 Å². The Bertz CT molecular complexity index is 926. The van der Waals surface area contributed by atoms with Gasteiger partial charge < -0.3 is 10.1 Å². The molecule has 27 heavy (non-hydrogen) atoms. The van der Waals surface area contributed by atoms with Crippen LogP contribution >= 0.6 is 0 Å². The van der Waals surface area contributed by atoms with E-state index in [1.54, 1.807) is 10.7 Å². The lowest BCUT2D eigenvalue weighted by molar-refractivity contribution is 0.211. The molecule has 7 heteroatoms. The third-order valence-electron chi connectivity index (χ3n) is 4.79. The van der Waals surface area contributed by atoms with E-state index in [1.165, 1.54) is 12.1 Å². The third kappa shape index (κ3) is 4.03. The van der Waals surface area contributed by atoms with Gasteiger partial charge in [0.25, 0.3) is 0 Å². The molecule has 0 spiro atoms. The van der Waals surface area contributed by atoms with E-state index < -0.39 is 0 Å². The number of hydrogen-bond donors (Lipinski definition) is 1. The van der Waals surface area contributed by atoms with E-state index in [-0.39, 0.29) is 5.82 Å². The van der Waals surface area contributed by atoms with E-state index in [1.807, 2.05) is 18.3 Å². The number of aromatic nitrogens is 3. The van der Waals surface area contributed by atoms with Crippen molar-refractivity contribution in [2.24, 2.45) is 0 Å². The molecule has 0 fully saturated rings. The average molecular weight is 369 g/mol. The van der Waals surface area contributed by atoms with Gasteiger partial charge in [0.15, 0.2) is 5.65 Å². The highest BCUT2D eigenvalue weighted by Gasteiger charge is 2.13. The summed E-state index contributed by atoms with van der Waals surface area (Å²) in [5.41, 5.74) is 2.19. The van der Waals surface area contributed by atoms with Crippen LogP contribution in [0.25, 0.3) is 16.8 Å². The van der Waals surface area contributed by atoms with Gasteiger partial charge in [0.05, 0.1) is 6.20 Å². The number of halogens is 1. The zero-order valence-corrected chi connectivity index (χ0v) is 15.5. The second-order valence-corrected chi connectivity index (χ2v) is 6.79. The Morgan fingerprint density at radius 3 is 3.07 bits per heavy atom. The van der Waals surface area contributed by atoms with E-state index in [0.29, 0.717) is 23.6 Å². The zero-order chi connectivity index (χ0) is 18.6. The van der Waals surface area contributed by atoms with Crippen molar-refractivity contribution >= 4 is 11.5 Å². The van der Waals surface area contributed by atoms with E-state index >= 15 is 0 Å². The Morgan fingerprint density at radius 1 is 1.26 bits per heavy atom. The van der Waals surface area contributed by atoms with Crippen molar-refractivity contribution < 1.29 is 9.13 Å². The van der Waals surface area contributed by atoms with E-state index in [4.69, 9.17) is 4.74 Å². The Morgan fingerprint density at radius 2 is 2.19 bits per heavy atom. The van der Waals surface area contributed by atoms with Crippen LogP contribution < -0.4 is 10.1 Å². The van der Waals surface area contributed by atoms with Crippen molar-refractivity contribution in [3.8, 4) is 16.9 Å². The van der Waals surface area contributed by atoms with Crippen molar-refractivity contribution in [1.29, 1.82) is 0 Å². The minimum atomic E-state index is -0.328. The summed E-state index contributed by atoms with van der Waals surface area (Å²) in [4.78, 5) is 7.05. The first-order valence-electron chi connectivity index (χ1n) is 9.47. The number of nitrogens with zero attached hydrogens (tertiary/aromatic N) is 4. The molecule has 6 nitrogen and oxygen atoms in total. The Kier molecular flexibility index (Phi) is 5.20. The van der Waals surface area contributed by atoms with Gasteiger partial charge in [-0.1, -0.05) is 13.3 Å². The van der Waals surface area contributed by atoms with E-state index in [9.17, 15) is 4.39 Å². The molecule has 0 atom stereocenters. The number of ether oxygens (including phenoxy) is 1. The molecule has 0 radical (unpaired) electrons. The summed E-state index contributed by atoms with van der Waals surface area (Å²) >= 11 is 0. The molecular weight excluding hydrogens is 345 g/mol. The summed E-state index contributed by atoms with van der Waals surface area (Å²) in [6, 6.07) is 6.68. The SMILES string of the molecule is CCCCN1CCNc2ccn3ncc(c3n2)-c2cc(F)cc(c2)OCC1. The Labute approximate surface area is 158 Å². The normalized spacial score (nSPS) is 15.3. The highest BCUT2D eigenvalue weighted by atomic mass is 19.1. The topological polar surface area (TPSA) is 54.7 Å². The minimum absolute atomic E-state index is 0.328. The number of hydrogen-bond acceptors (Lipinski definition) is 5. The summed E-state index contributed by atoms with van der Waals surface area (Å²) in [6.45, 7) is 6.25. The van der Waals surface area contributed by atoms with Crippen LogP contribution in [0.2, 0.25) is 0 Å². The molecule has 0 saturated heterocycles. The lowest BCUT2D eigenvalue weighted by Crippen LogP contribution is -2.33. The lowest BCUT2D eigenvalue weighted by Gasteiger charge is -2.23. The van der Waals surface area contributed by atoms with Crippen LogP contribution in [0.5, 0.6) is 5.75 Å². The fourth-order valence-corrected chi connectivity index (χ4v) is 3.32. The Balaban J connectivity index is 1.71. The molecule has 0 unspecified atom stereocenters. The average Bonchev–Trinajstić information content (AvgIpc) is 3.08. The van der Waals surface area contributed by atoms with Crippen molar-refractivity contribution in [2.75, 3.05) is 38.1 Å². The summed E-state index contributed by atoms with van der Waals surface area (Å²) in [6.07, 6.45) is 5.88. The van der Waals surface area contributed by atoms with Crippen LogP contribution in [0, 0.1) is 5.82 Å². The largest absolute Gasteiger partial charge is 0.492 e. The second kappa shape index (κ2) is 7.92. The molecule has 4 bridgehead atoms. The van der Waals surface area contributed by atoms with Crippen molar-refractivity contribution in [1.82, 2.24) is 19.5 Å². The molecule has 0 amide bonds. The van der Waals surface area contributed by atoms with Gasteiger partial charge in [-0.05, 0) is 36.7 Å². The van der Waals surface area contributed by atoms with Gasteiger partial charge in [-0.15, -0.1) is 0 Å². The molecule has 3 aromatic rings. The van der Waals surface area contributed by atoms with Gasteiger partial charge in [-0.2, -0.15) is 5.10 Å². The third-order valence-corrected chi connectivity index (χ3v) is 4.79. The van der Waals surface area contributed by atoms with Gasteiger partial charge in [-0.25, -0.2) is 13.9 Å². The highest BCUT2D eigenvalue weighted by molar-refractivity contribution is 5.78. The number of benzene rings is 1. The first-order valence-corrected chi connectivity index (χ1v) is 9.47. The van der Waals surface area contributed by atoms with Crippen LogP contribution in [-0.2, 0) is 0 Å². The fourth-order valence-electron chi connectivity index (χ4n) is 3.32. The molecule has 142 valence electrons. The molecular formula is C20H24FN5O. The molecule has 1 aliphatic heterocycles. The van der Waals surface area contributed by atoms with Gasteiger partial charge >= 0.3 is 0 Å². The summed E-state index contributed by atoms with van der Waals surface area (Å²) in [7, 11) is 0. The van der Waals surface area contributed by atoms with Gasteiger partial charge in [0, 0.05) is 37.5 Å². The number of unbranched alkanes of at least 4 members (excludes halogenated alkanes) is 1. The number of rotatable bonds is 3. The molecule has 1 aliphatic rings. The molecule has 4 rings (SSSR count). The van der Waals surface area contributed by atoms with Crippen LogP contribution in [0.4, 0.5) is 10.2 Å². The minimum Gasteiger partial charge on any atom is -0.492 e. The maximum Gasteiger partial charge on any atom is 0.165 e. The predicted octanol–water partition coefficient (Wildman–Crippen LogP) is 3.44. The Hall–Kier alpha value is -2.67. The van der Waals surface area contributed by atoms with Crippen molar-refractivity contribution in [3.63, 3.8) is 0 Å². The first kappa shape index (κ1) is 17.7. The van der Waals surface area contributed by atoms with E-state index in [0.717, 1.165) is 50.4 Å². The van der Waals surface area contributed by atoms with E-state index in [2.05, 4.69) is 27.2 Å². The monoisotopic (exact) mass is 369 g/mol. The first-order chi connectivity index (χ1) is 13.2. The van der Waals surface area contributed by atoms with Crippen LogP contribution in [-0.4, -0.2) is 52.3 Å². The van der Waals surface area contributed by atoms with Gasteiger partial charge in [0.2, 0.25) is 0 Å². The standard InChI is InChI=1S/C20H24FN5O/c1-2-3-6-25-8-5-22-19-4-7-26-20(24-19)18(14-23-26)15-11-16(21)13-17(12-15)27-10-9-25/h4,7,11-14H,2-3,5-6,8-10H2,1H3,(H,22,24). The molecule has 3 heterocycles. The second-order valence-electron chi connectivity index (χ2n) is 6.79. The summed E-state index contributed by atoms with van der Waals surface area (Å²) in [5.74, 6) is 1.00.